The zero-order valence-electron chi connectivity index (χ0n) is 39.7. The summed E-state index contributed by atoms with van der Waals surface area (Å²) in [6.07, 6.45) is 22.2. The first-order valence-electron chi connectivity index (χ1n) is 24.1. The molecule has 7 rings (SSSR count). The number of esters is 1. The summed E-state index contributed by atoms with van der Waals surface area (Å²) in [5.41, 5.74) is 3.70. The van der Waals surface area contributed by atoms with Crippen molar-refractivity contribution >= 4 is 18.1 Å². The van der Waals surface area contributed by atoms with Crippen molar-refractivity contribution in [2.45, 2.75) is 165 Å². The third kappa shape index (κ3) is 13.6. The van der Waals surface area contributed by atoms with Crippen molar-refractivity contribution < 1.29 is 62.8 Å². The van der Waals surface area contributed by atoms with Crippen LogP contribution in [-0.2, 0) is 34.9 Å². The maximum absolute atomic E-state index is 13.5. The highest BCUT2D eigenvalue weighted by molar-refractivity contribution is 5.82. The molecule has 0 radical (unpaired) electrons. The van der Waals surface area contributed by atoms with E-state index >= 15 is 0 Å². The first-order chi connectivity index (χ1) is 32.6. The summed E-state index contributed by atoms with van der Waals surface area (Å²) in [7, 11) is 0. The molecule has 0 amide bonds. The predicted molar refractivity (Wildman–Crippen MR) is 252 cm³/mol. The number of carbonyl (C=O) groups excluding carboxylic acids is 1. The van der Waals surface area contributed by atoms with Crippen molar-refractivity contribution in [3.05, 3.63) is 95.4 Å². The topological polar surface area (TPSA) is 216 Å². The molecule has 5 N–H and O–H groups in total. The molecule has 8 bridgehead atoms. The molecular weight excluding hydrogens is 873 g/mol. The fraction of sp³-hybridized carbons (Fsp3) is 0.604. The lowest BCUT2D eigenvalue weighted by Crippen LogP contribution is -2.50. The van der Waals surface area contributed by atoms with Crippen LogP contribution in [0.2, 0.25) is 0 Å². The van der Waals surface area contributed by atoms with Gasteiger partial charge in [0.2, 0.25) is 5.89 Å². The largest absolute Gasteiger partial charge is 0.458 e. The zero-order chi connectivity index (χ0) is 48.5. The van der Waals surface area contributed by atoms with Gasteiger partial charge < -0.3 is 58.1 Å². The van der Waals surface area contributed by atoms with Crippen molar-refractivity contribution in [2.75, 3.05) is 13.2 Å². The standard InChI is InChI=1S/C53H70N2O13/c1-7-10-36(27-56)16-15-31(2)19-44(59)47-21-37(28-57)25-53(61,68-47)26-49-54-38(29-62-49)20-33(4)51-35(6)52-34(5)45(66-51)12-9-13-48-55-43(30-63-48)46-23-39(58)22-42(65-46)24-41-18-32(3)17-40(64-41)11-8-14-50(60)67-52/h1,8-9,13-16,19-20,29-30,34-37,39-42,44-47,51-52,56-59,61H,3,10-12,17-18,21-28H2,2,4-6H3/b13-9+,14-8-,16-15+,31-19+,33-20+/t34?,35-,36+,37+,39+,40-,41+,42-,44+,45+,46+,47+,51-,52-,53-/m0/s1. The van der Waals surface area contributed by atoms with E-state index in [1.165, 1.54) is 12.3 Å². The number of rotatable bonds is 11. The van der Waals surface area contributed by atoms with E-state index in [-0.39, 0.29) is 80.0 Å². The Kier molecular flexibility index (Phi) is 17.7. The van der Waals surface area contributed by atoms with Crippen LogP contribution in [-0.4, -0.2) is 115 Å². The number of terminal acetylenes is 1. The summed E-state index contributed by atoms with van der Waals surface area (Å²) in [5.74, 6) is -0.127. The molecule has 5 aliphatic rings. The molecule has 15 atom stereocenters. The molecule has 15 heteroatoms. The Morgan fingerprint density at radius 3 is 2.56 bits per heavy atom. The quantitative estimate of drug-likeness (QED) is 0.0688. The molecule has 2 aromatic heterocycles. The summed E-state index contributed by atoms with van der Waals surface area (Å²) in [4.78, 5) is 22.9. The molecule has 4 fully saturated rings. The molecule has 7 heterocycles. The minimum absolute atomic E-state index is 0.0969. The summed E-state index contributed by atoms with van der Waals surface area (Å²) in [5, 5.41) is 53.5. The lowest BCUT2D eigenvalue weighted by Gasteiger charge is -2.44. The Bertz CT molecular complexity index is 2220. The first kappa shape index (κ1) is 51.4. The van der Waals surface area contributed by atoms with Crippen molar-refractivity contribution in [1.82, 2.24) is 9.97 Å². The molecule has 0 spiro atoms. The van der Waals surface area contributed by atoms with Gasteiger partial charge >= 0.3 is 5.97 Å². The number of aromatic nitrogens is 2. The average Bonchev–Trinajstić information content (AvgIpc) is 3.95. The molecule has 15 nitrogen and oxygen atoms in total. The maximum Gasteiger partial charge on any atom is 0.330 e. The van der Waals surface area contributed by atoms with Gasteiger partial charge in [-0.05, 0) is 76.0 Å². The van der Waals surface area contributed by atoms with Crippen LogP contribution in [0.15, 0.2) is 81.1 Å². The molecule has 68 heavy (non-hydrogen) atoms. The number of hydrogen-bond donors (Lipinski definition) is 5. The number of fused-ring (bicyclic) bond motifs is 9. The van der Waals surface area contributed by atoms with Gasteiger partial charge in [0.1, 0.15) is 36.1 Å². The fourth-order valence-electron chi connectivity index (χ4n) is 10.4. The van der Waals surface area contributed by atoms with Crippen LogP contribution in [0, 0.1) is 36.0 Å². The number of nitrogens with zero attached hydrogens (tertiary/aromatic N) is 2. The van der Waals surface area contributed by atoms with Crippen LogP contribution in [0.3, 0.4) is 0 Å². The van der Waals surface area contributed by atoms with Gasteiger partial charge in [0, 0.05) is 56.1 Å². The molecular formula is C53H70N2O13. The molecule has 0 aromatic carbocycles. The van der Waals surface area contributed by atoms with Crippen LogP contribution in [0.25, 0.3) is 12.2 Å². The Morgan fingerprint density at radius 1 is 0.985 bits per heavy atom. The van der Waals surface area contributed by atoms with Crippen LogP contribution < -0.4 is 0 Å². The molecule has 0 aliphatic carbocycles. The van der Waals surface area contributed by atoms with E-state index in [0.717, 1.165) is 16.7 Å². The minimum Gasteiger partial charge on any atom is -0.458 e. The third-order valence-electron chi connectivity index (χ3n) is 13.8. The highest BCUT2D eigenvalue weighted by Gasteiger charge is 2.45. The Hall–Kier alpha value is -4.47. The van der Waals surface area contributed by atoms with E-state index in [1.807, 2.05) is 32.9 Å². The molecule has 5 aliphatic heterocycles. The van der Waals surface area contributed by atoms with Crippen molar-refractivity contribution in [2.24, 2.45) is 23.7 Å². The second-order valence-electron chi connectivity index (χ2n) is 19.7. The Balaban J connectivity index is 1.07. The second kappa shape index (κ2) is 23.4. The average molecular weight is 943 g/mol. The van der Waals surface area contributed by atoms with Crippen molar-refractivity contribution in [3.63, 3.8) is 0 Å². The number of aliphatic hydroxyl groups excluding tert-OH is 4. The first-order valence-corrected chi connectivity index (χ1v) is 24.1. The highest BCUT2D eigenvalue weighted by atomic mass is 16.6. The van der Waals surface area contributed by atoms with E-state index < -0.39 is 48.4 Å². The SMILES string of the molecule is C#CC[C@H](/C=C/C(C)=C/[C@@H](O)[C@H]1C[C@@H](CO)C[C@@](O)(Cc2nc(/C=C(\C)[C@@H]3O[C@@H]4C/C=C/c5nc(co5)[C@H]5C[C@H](O)C[C@@H](C[C@H]6CC(=C)C[C@H](C/C=C\C(=O)O[C@@H](C4C)[C@H]3C)O6)O5)co2)O1)CO. The summed E-state index contributed by atoms with van der Waals surface area (Å²) in [6.45, 7) is 11.7. The Labute approximate surface area is 399 Å². The number of ether oxygens (including phenoxy) is 5. The van der Waals surface area contributed by atoms with Gasteiger partial charge in [-0.25, -0.2) is 14.8 Å². The predicted octanol–water partition coefficient (Wildman–Crippen LogP) is 6.67. The molecule has 370 valence electrons. The molecule has 1 unspecified atom stereocenters. The van der Waals surface area contributed by atoms with E-state index in [2.05, 4.69) is 17.5 Å². The van der Waals surface area contributed by atoms with Gasteiger partial charge in [-0.3, -0.25) is 0 Å². The minimum atomic E-state index is -1.79. The molecule has 2 aromatic rings. The third-order valence-corrected chi connectivity index (χ3v) is 13.8. The summed E-state index contributed by atoms with van der Waals surface area (Å²) >= 11 is 0. The van der Waals surface area contributed by atoms with Crippen molar-refractivity contribution in [1.29, 1.82) is 0 Å². The van der Waals surface area contributed by atoms with Crippen LogP contribution in [0.1, 0.15) is 121 Å². The van der Waals surface area contributed by atoms with E-state index in [4.69, 9.17) is 43.9 Å². The van der Waals surface area contributed by atoms with Crippen molar-refractivity contribution in [3.8, 4) is 12.3 Å². The van der Waals surface area contributed by atoms with Gasteiger partial charge in [-0.2, -0.15) is 0 Å². The summed E-state index contributed by atoms with van der Waals surface area (Å²) in [6, 6.07) is 0. The van der Waals surface area contributed by atoms with Gasteiger partial charge in [-0.15, -0.1) is 12.3 Å². The number of hydrogen-bond acceptors (Lipinski definition) is 15. The van der Waals surface area contributed by atoms with E-state index in [1.54, 1.807) is 43.6 Å². The number of carbonyl (C=O) groups is 1. The number of oxazole rings is 2. The second-order valence-corrected chi connectivity index (χ2v) is 19.7. The lowest BCUT2D eigenvalue weighted by molar-refractivity contribution is -0.279. The maximum atomic E-state index is 13.5. The monoisotopic (exact) mass is 942 g/mol. The van der Waals surface area contributed by atoms with Crippen LogP contribution in [0.5, 0.6) is 0 Å². The Morgan fingerprint density at radius 2 is 1.78 bits per heavy atom. The molecule has 0 saturated carbocycles. The lowest BCUT2D eigenvalue weighted by atomic mass is 9.79. The van der Waals surface area contributed by atoms with E-state index in [9.17, 15) is 30.3 Å². The number of allylic oxidation sites excluding steroid dienone is 2. The number of aliphatic hydroxyl groups is 5. The van der Waals surface area contributed by atoms with Gasteiger partial charge in [0.25, 0.3) is 0 Å². The van der Waals surface area contributed by atoms with Gasteiger partial charge in [-0.1, -0.05) is 62.0 Å². The molecule has 4 saturated heterocycles. The smallest absolute Gasteiger partial charge is 0.330 e. The van der Waals surface area contributed by atoms with Crippen LogP contribution >= 0.6 is 0 Å². The van der Waals surface area contributed by atoms with Gasteiger partial charge in [0.15, 0.2) is 11.7 Å². The van der Waals surface area contributed by atoms with Gasteiger partial charge in [0.05, 0.1) is 61.9 Å². The zero-order valence-corrected chi connectivity index (χ0v) is 39.7. The summed E-state index contributed by atoms with van der Waals surface area (Å²) < 4.78 is 43.8. The van der Waals surface area contributed by atoms with Crippen LogP contribution in [0.4, 0.5) is 0 Å². The van der Waals surface area contributed by atoms with E-state index in [0.29, 0.717) is 75.1 Å². The highest BCUT2D eigenvalue weighted by Crippen LogP contribution is 2.40. The normalized spacial score (nSPS) is 36.2. The fourth-order valence-corrected chi connectivity index (χ4v) is 10.4.